The molecule has 1 saturated heterocycles. The van der Waals surface area contributed by atoms with Crippen molar-refractivity contribution in [1.29, 1.82) is 0 Å². The lowest BCUT2D eigenvalue weighted by atomic mass is 10.1. The first-order valence-electron chi connectivity index (χ1n) is 10.1. The first-order valence-corrected chi connectivity index (χ1v) is 11.5. The summed E-state index contributed by atoms with van der Waals surface area (Å²) in [6.07, 6.45) is 2.82. The molecule has 1 heterocycles. The van der Waals surface area contributed by atoms with Crippen molar-refractivity contribution in [1.82, 2.24) is 9.62 Å². The van der Waals surface area contributed by atoms with Gasteiger partial charge in [-0.15, -0.1) is 0 Å². The monoisotopic (exact) mass is 415 g/mol. The molecule has 2 aromatic rings. The number of carbonyl (C=O) groups excluding carboxylic acids is 1. The highest BCUT2D eigenvalue weighted by molar-refractivity contribution is 7.89. The Hall–Kier alpha value is -2.38. The van der Waals surface area contributed by atoms with Crippen molar-refractivity contribution in [3.05, 3.63) is 60.2 Å². The number of para-hydroxylation sites is 1. The zero-order chi connectivity index (χ0) is 20.7. The normalized spacial score (nSPS) is 14.7. The second-order valence-corrected chi connectivity index (χ2v) is 9.30. The maximum atomic E-state index is 12.5. The van der Waals surface area contributed by atoms with Crippen LogP contribution in [0.2, 0.25) is 0 Å². The highest BCUT2D eigenvalue weighted by Crippen LogP contribution is 2.21. The second kappa shape index (κ2) is 9.89. The molecule has 0 aliphatic carbocycles. The SMILES string of the molecule is CN(CCNC(=O)CCc1ccc(S(=O)(=O)N2CCCC2)cc1)c1ccccc1. The van der Waals surface area contributed by atoms with Gasteiger partial charge in [0.1, 0.15) is 0 Å². The number of nitrogens with one attached hydrogen (secondary N) is 1. The van der Waals surface area contributed by atoms with E-state index in [1.54, 1.807) is 28.6 Å². The Morgan fingerprint density at radius 3 is 2.34 bits per heavy atom. The van der Waals surface area contributed by atoms with Crippen molar-refractivity contribution < 1.29 is 13.2 Å². The second-order valence-electron chi connectivity index (χ2n) is 7.36. The topological polar surface area (TPSA) is 69.7 Å². The molecular formula is C22H29N3O3S. The summed E-state index contributed by atoms with van der Waals surface area (Å²) in [7, 11) is -1.38. The van der Waals surface area contributed by atoms with Crippen LogP contribution >= 0.6 is 0 Å². The summed E-state index contributed by atoms with van der Waals surface area (Å²) < 4.78 is 26.6. The molecule has 1 aliphatic heterocycles. The number of likely N-dealkylation sites (N-methyl/N-ethyl adjacent to an activating group) is 1. The smallest absolute Gasteiger partial charge is 0.243 e. The predicted molar refractivity (Wildman–Crippen MR) is 115 cm³/mol. The minimum Gasteiger partial charge on any atom is -0.373 e. The average molecular weight is 416 g/mol. The molecular weight excluding hydrogens is 386 g/mol. The molecule has 29 heavy (non-hydrogen) atoms. The lowest BCUT2D eigenvalue weighted by molar-refractivity contribution is -0.120. The Bertz CT molecular complexity index is 893. The molecule has 0 radical (unpaired) electrons. The van der Waals surface area contributed by atoms with Gasteiger partial charge in [0.2, 0.25) is 15.9 Å². The standard InChI is InChI=1S/C22H29N3O3S/c1-24(20-7-3-2-4-8-20)18-15-23-22(26)14-11-19-9-12-21(13-10-19)29(27,28)25-16-5-6-17-25/h2-4,7-10,12-13H,5-6,11,14-18H2,1H3,(H,23,26). The average Bonchev–Trinajstić information content (AvgIpc) is 3.29. The summed E-state index contributed by atoms with van der Waals surface area (Å²) in [5.41, 5.74) is 2.08. The fraction of sp³-hybridized carbons (Fsp3) is 0.409. The number of rotatable bonds is 9. The highest BCUT2D eigenvalue weighted by Gasteiger charge is 2.26. The minimum atomic E-state index is -3.38. The maximum absolute atomic E-state index is 12.5. The number of benzene rings is 2. The van der Waals surface area contributed by atoms with Crippen LogP contribution in [0, 0.1) is 0 Å². The van der Waals surface area contributed by atoms with Crippen molar-refractivity contribution in [2.75, 3.05) is 38.1 Å². The van der Waals surface area contributed by atoms with Gasteiger partial charge in [0.05, 0.1) is 4.90 Å². The van der Waals surface area contributed by atoms with E-state index >= 15 is 0 Å². The molecule has 3 rings (SSSR count). The highest BCUT2D eigenvalue weighted by atomic mass is 32.2. The molecule has 0 bridgehead atoms. The van der Waals surface area contributed by atoms with Crippen molar-refractivity contribution in [3.63, 3.8) is 0 Å². The van der Waals surface area contributed by atoms with E-state index in [9.17, 15) is 13.2 Å². The summed E-state index contributed by atoms with van der Waals surface area (Å²) >= 11 is 0. The molecule has 0 unspecified atom stereocenters. The summed E-state index contributed by atoms with van der Waals surface area (Å²) in [4.78, 5) is 14.5. The Morgan fingerprint density at radius 1 is 1.03 bits per heavy atom. The summed E-state index contributed by atoms with van der Waals surface area (Å²) in [6, 6.07) is 16.9. The van der Waals surface area contributed by atoms with Gasteiger partial charge in [-0.1, -0.05) is 30.3 Å². The lowest BCUT2D eigenvalue weighted by Gasteiger charge is -2.19. The van der Waals surface area contributed by atoms with Gasteiger partial charge in [-0.3, -0.25) is 4.79 Å². The van der Waals surface area contributed by atoms with E-state index in [-0.39, 0.29) is 5.91 Å². The van der Waals surface area contributed by atoms with Crippen molar-refractivity contribution in [2.45, 2.75) is 30.6 Å². The molecule has 1 fully saturated rings. The molecule has 7 heteroatoms. The number of hydrogen-bond donors (Lipinski definition) is 1. The van der Waals surface area contributed by atoms with Gasteiger partial charge >= 0.3 is 0 Å². The number of amides is 1. The Kier molecular flexibility index (Phi) is 7.28. The van der Waals surface area contributed by atoms with Crippen LogP contribution < -0.4 is 10.2 Å². The van der Waals surface area contributed by atoms with E-state index in [1.807, 2.05) is 37.4 Å². The lowest BCUT2D eigenvalue weighted by Crippen LogP contribution is -2.33. The molecule has 0 spiro atoms. The third-order valence-corrected chi connectivity index (χ3v) is 7.15. The van der Waals surface area contributed by atoms with Gasteiger partial charge in [0.15, 0.2) is 0 Å². The van der Waals surface area contributed by atoms with E-state index in [2.05, 4.69) is 10.2 Å². The number of carbonyl (C=O) groups is 1. The fourth-order valence-corrected chi connectivity index (χ4v) is 4.94. The van der Waals surface area contributed by atoms with Crippen LogP contribution in [-0.2, 0) is 21.2 Å². The molecule has 1 N–H and O–H groups in total. The number of nitrogens with zero attached hydrogens (tertiary/aromatic N) is 2. The van der Waals surface area contributed by atoms with Crippen LogP contribution in [0.25, 0.3) is 0 Å². The number of aryl methyl sites for hydroxylation is 1. The molecule has 0 saturated carbocycles. The summed E-state index contributed by atoms with van der Waals surface area (Å²) in [5, 5.41) is 2.94. The summed E-state index contributed by atoms with van der Waals surface area (Å²) in [5.74, 6) is 0.000210. The molecule has 6 nitrogen and oxygen atoms in total. The van der Waals surface area contributed by atoms with Gasteiger partial charge in [-0.2, -0.15) is 4.31 Å². The summed E-state index contributed by atoms with van der Waals surface area (Å²) in [6.45, 7) is 2.52. The van der Waals surface area contributed by atoms with Crippen molar-refractivity contribution >= 4 is 21.6 Å². The van der Waals surface area contributed by atoms with Crippen LogP contribution in [0.3, 0.4) is 0 Å². The minimum absolute atomic E-state index is 0.000210. The van der Waals surface area contributed by atoms with Crippen molar-refractivity contribution in [2.24, 2.45) is 0 Å². The van der Waals surface area contributed by atoms with E-state index < -0.39 is 10.0 Å². The van der Waals surface area contributed by atoms with Crippen molar-refractivity contribution in [3.8, 4) is 0 Å². The Labute approximate surface area is 173 Å². The zero-order valence-electron chi connectivity index (χ0n) is 16.9. The third-order valence-electron chi connectivity index (χ3n) is 5.23. The number of sulfonamides is 1. The molecule has 1 amide bonds. The van der Waals surface area contributed by atoms with Gasteiger partial charge in [0, 0.05) is 45.3 Å². The van der Waals surface area contributed by atoms with Crippen LogP contribution in [-0.4, -0.2) is 51.9 Å². The van der Waals surface area contributed by atoms with Crippen LogP contribution in [0.1, 0.15) is 24.8 Å². The van der Waals surface area contributed by atoms with Gasteiger partial charge in [0.25, 0.3) is 0 Å². The van der Waals surface area contributed by atoms with Crippen LogP contribution in [0.4, 0.5) is 5.69 Å². The van der Waals surface area contributed by atoms with Crippen LogP contribution in [0.15, 0.2) is 59.5 Å². The van der Waals surface area contributed by atoms with E-state index in [0.29, 0.717) is 37.4 Å². The van der Waals surface area contributed by atoms with Gasteiger partial charge < -0.3 is 10.2 Å². The largest absolute Gasteiger partial charge is 0.373 e. The first-order chi connectivity index (χ1) is 14.0. The zero-order valence-corrected chi connectivity index (χ0v) is 17.7. The quantitative estimate of drug-likeness (QED) is 0.684. The van der Waals surface area contributed by atoms with Gasteiger partial charge in [-0.25, -0.2) is 8.42 Å². The maximum Gasteiger partial charge on any atom is 0.243 e. The Balaban J connectivity index is 1.42. The van der Waals surface area contributed by atoms with E-state index in [4.69, 9.17) is 0 Å². The number of anilines is 1. The third kappa shape index (κ3) is 5.81. The van der Waals surface area contributed by atoms with Gasteiger partial charge in [-0.05, 0) is 49.1 Å². The van der Waals surface area contributed by atoms with Crippen LogP contribution in [0.5, 0.6) is 0 Å². The molecule has 156 valence electrons. The van der Waals surface area contributed by atoms with E-state index in [1.165, 1.54) is 0 Å². The molecule has 1 aliphatic rings. The molecule has 0 atom stereocenters. The first kappa shape index (κ1) is 21.3. The predicted octanol–water partition coefficient (Wildman–Crippen LogP) is 2.66. The Morgan fingerprint density at radius 2 is 1.69 bits per heavy atom. The fourth-order valence-electron chi connectivity index (χ4n) is 3.43. The number of hydrogen-bond acceptors (Lipinski definition) is 4. The molecule has 0 aromatic heterocycles. The molecule has 2 aromatic carbocycles. The van der Waals surface area contributed by atoms with E-state index in [0.717, 1.165) is 30.6 Å².